The maximum atomic E-state index is 11.4. The van der Waals surface area contributed by atoms with E-state index in [2.05, 4.69) is 0 Å². The summed E-state index contributed by atoms with van der Waals surface area (Å²) in [5.41, 5.74) is -0.109. The third-order valence-corrected chi connectivity index (χ3v) is 2.37. The minimum Gasteiger partial charge on any atom is -0.493 e. The Morgan fingerprint density at radius 1 is 1.39 bits per heavy atom. The highest BCUT2D eigenvalue weighted by Crippen LogP contribution is 2.31. The van der Waals surface area contributed by atoms with Crippen LogP contribution in [-0.4, -0.2) is 24.4 Å². The number of ketones is 1. The van der Waals surface area contributed by atoms with Crippen molar-refractivity contribution >= 4 is 11.5 Å². The van der Waals surface area contributed by atoms with Gasteiger partial charge in [-0.3, -0.25) is 14.9 Å². The molecule has 0 saturated heterocycles. The molecule has 0 heterocycles. The van der Waals surface area contributed by atoms with Gasteiger partial charge in [-0.15, -0.1) is 0 Å². The van der Waals surface area contributed by atoms with E-state index in [0.29, 0.717) is 5.75 Å². The number of ether oxygens (including phenoxy) is 2. The lowest BCUT2D eigenvalue weighted by molar-refractivity contribution is -0.385. The van der Waals surface area contributed by atoms with Crippen LogP contribution >= 0.6 is 0 Å². The van der Waals surface area contributed by atoms with E-state index in [4.69, 9.17) is 9.47 Å². The largest absolute Gasteiger partial charge is 0.493 e. The van der Waals surface area contributed by atoms with E-state index in [1.165, 1.54) is 25.3 Å². The maximum Gasteiger partial charge on any atom is 0.273 e. The number of carbonyl (C=O) groups is 1. The van der Waals surface area contributed by atoms with Gasteiger partial charge in [0.1, 0.15) is 6.61 Å². The van der Waals surface area contributed by atoms with E-state index in [-0.39, 0.29) is 29.7 Å². The molecule has 0 aliphatic heterocycles. The topological polar surface area (TPSA) is 78.7 Å². The monoisotopic (exact) mass is 253 g/mol. The molecule has 1 aromatic rings. The van der Waals surface area contributed by atoms with Crippen LogP contribution in [0, 0.1) is 16.0 Å². The minimum absolute atomic E-state index is 0.0800. The molecule has 0 aromatic heterocycles. The second kappa shape index (κ2) is 6.00. The Bertz CT molecular complexity index is 456. The summed E-state index contributed by atoms with van der Waals surface area (Å²) in [4.78, 5) is 21.5. The lowest BCUT2D eigenvalue weighted by Gasteiger charge is -2.10. The quantitative estimate of drug-likeness (QED) is 0.573. The molecule has 6 heteroatoms. The summed E-state index contributed by atoms with van der Waals surface area (Å²) >= 11 is 0. The first kappa shape index (κ1) is 14.0. The smallest absolute Gasteiger partial charge is 0.273 e. The van der Waals surface area contributed by atoms with Gasteiger partial charge < -0.3 is 9.47 Å². The van der Waals surface area contributed by atoms with E-state index in [1.807, 2.05) is 0 Å². The number of benzene rings is 1. The molecular weight excluding hydrogens is 238 g/mol. The molecule has 0 amide bonds. The van der Waals surface area contributed by atoms with Crippen LogP contribution in [0.2, 0.25) is 0 Å². The lowest BCUT2D eigenvalue weighted by Crippen LogP contribution is -2.17. The Morgan fingerprint density at radius 2 is 2.06 bits per heavy atom. The van der Waals surface area contributed by atoms with Gasteiger partial charge in [-0.2, -0.15) is 0 Å². The number of non-ortho nitro benzene ring substituents is 1. The molecule has 0 bridgehead atoms. The number of carbonyl (C=O) groups excluding carboxylic acids is 1. The van der Waals surface area contributed by atoms with Crippen molar-refractivity contribution in [2.75, 3.05) is 13.7 Å². The zero-order chi connectivity index (χ0) is 13.7. The third kappa shape index (κ3) is 3.44. The van der Waals surface area contributed by atoms with Gasteiger partial charge in [-0.05, 0) is 6.07 Å². The van der Waals surface area contributed by atoms with Crippen LogP contribution in [0.1, 0.15) is 13.8 Å². The van der Waals surface area contributed by atoms with Gasteiger partial charge in [0, 0.05) is 12.0 Å². The fraction of sp³-hybridized carbons (Fsp3) is 0.417. The number of nitro groups is 1. The molecule has 1 rings (SSSR count). The first-order chi connectivity index (χ1) is 8.45. The average molecular weight is 253 g/mol. The van der Waals surface area contributed by atoms with Crippen LogP contribution in [0.5, 0.6) is 11.5 Å². The number of Topliss-reactive ketones (excluding diaryl/α,β-unsaturated/α-hetero) is 1. The summed E-state index contributed by atoms with van der Waals surface area (Å²) in [7, 11) is 1.43. The zero-order valence-electron chi connectivity index (χ0n) is 10.5. The molecule has 1 aromatic carbocycles. The van der Waals surface area contributed by atoms with Crippen LogP contribution in [0.15, 0.2) is 18.2 Å². The van der Waals surface area contributed by atoms with Gasteiger partial charge in [0.05, 0.1) is 18.1 Å². The maximum absolute atomic E-state index is 11.4. The number of methoxy groups -OCH3 is 1. The summed E-state index contributed by atoms with van der Waals surface area (Å²) in [5, 5.41) is 10.6. The van der Waals surface area contributed by atoms with Crippen LogP contribution < -0.4 is 9.47 Å². The standard InChI is InChI=1S/C12H15NO5/c1-8(2)10(14)7-18-12-6-9(13(15)16)4-5-11(12)17-3/h4-6,8H,7H2,1-3H3. The minimum atomic E-state index is -0.531. The van der Waals surface area contributed by atoms with Crippen molar-refractivity contribution in [1.82, 2.24) is 0 Å². The predicted octanol–water partition coefficient (Wildman–Crippen LogP) is 2.21. The van der Waals surface area contributed by atoms with Gasteiger partial charge in [0.2, 0.25) is 0 Å². The van der Waals surface area contributed by atoms with Crippen LogP contribution in [-0.2, 0) is 4.79 Å². The first-order valence-electron chi connectivity index (χ1n) is 5.43. The number of rotatable bonds is 6. The summed E-state index contributed by atoms with van der Waals surface area (Å²) in [5.74, 6) is 0.330. The van der Waals surface area contributed by atoms with Crippen molar-refractivity contribution < 1.29 is 19.2 Å². The third-order valence-electron chi connectivity index (χ3n) is 2.37. The average Bonchev–Trinajstić information content (AvgIpc) is 2.35. The number of nitrogens with zero attached hydrogens (tertiary/aromatic N) is 1. The number of nitro benzene ring substituents is 1. The van der Waals surface area contributed by atoms with Gasteiger partial charge in [0.25, 0.3) is 5.69 Å². The molecule has 0 radical (unpaired) electrons. The Hall–Kier alpha value is -2.11. The van der Waals surface area contributed by atoms with Crippen molar-refractivity contribution in [3.8, 4) is 11.5 Å². The molecule has 0 spiro atoms. The van der Waals surface area contributed by atoms with Crippen molar-refractivity contribution in [2.45, 2.75) is 13.8 Å². The van der Waals surface area contributed by atoms with Crippen molar-refractivity contribution in [3.05, 3.63) is 28.3 Å². The van der Waals surface area contributed by atoms with Gasteiger partial charge in [-0.1, -0.05) is 13.8 Å². The number of hydrogen-bond donors (Lipinski definition) is 0. The van der Waals surface area contributed by atoms with Crippen LogP contribution in [0.25, 0.3) is 0 Å². The van der Waals surface area contributed by atoms with E-state index in [0.717, 1.165) is 0 Å². The Kier molecular flexibility index (Phi) is 4.65. The molecule has 6 nitrogen and oxygen atoms in total. The molecular formula is C12H15NO5. The summed E-state index contributed by atoms with van der Waals surface area (Å²) in [6, 6.07) is 4.00. The summed E-state index contributed by atoms with van der Waals surface area (Å²) in [6.45, 7) is 3.39. The van der Waals surface area contributed by atoms with Gasteiger partial charge in [0.15, 0.2) is 17.3 Å². The summed E-state index contributed by atoms with van der Waals surface area (Å²) < 4.78 is 10.3. The Labute approximate surface area is 105 Å². The predicted molar refractivity (Wildman–Crippen MR) is 65.0 cm³/mol. The molecule has 0 aliphatic carbocycles. The van der Waals surface area contributed by atoms with Crippen LogP contribution in [0.4, 0.5) is 5.69 Å². The van der Waals surface area contributed by atoms with E-state index in [9.17, 15) is 14.9 Å². The van der Waals surface area contributed by atoms with Crippen molar-refractivity contribution in [3.63, 3.8) is 0 Å². The molecule has 0 fully saturated rings. The van der Waals surface area contributed by atoms with Crippen molar-refractivity contribution in [1.29, 1.82) is 0 Å². The first-order valence-corrected chi connectivity index (χ1v) is 5.43. The second-order valence-corrected chi connectivity index (χ2v) is 4.00. The lowest BCUT2D eigenvalue weighted by atomic mass is 10.1. The highest BCUT2D eigenvalue weighted by atomic mass is 16.6. The zero-order valence-corrected chi connectivity index (χ0v) is 10.5. The van der Waals surface area contributed by atoms with E-state index in [1.54, 1.807) is 13.8 Å². The van der Waals surface area contributed by atoms with E-state index < -0.39 is 4.92 Å². The SMILES string of the molecule is COc1ccc([N+](=O)[O-])cc1OCC(=O)C(C)C. The molecule has 0 unspecified atom stereocenters. The van der Waals surface area contributed by atoms with Crippen molar-refractivity contribution in [2.24, 2.45) is 5.92 Å². The molecule has 0 N–H and O–H groups in total. The van der Waals surface area contributed by atoms with Gasteiger partial charge >= 0.3 is 0 Å². The normalized spacial score (nSPS) is 10.2. The number of hydrogen-bond acceptors (Lipinski definition) is 5. The highest BCUT2D eigenvalue weighted by Gasteiger charge is 2.14. The van der Waals surface area contributed by atoms with Gasteiger partial charge in [-0.25, -0.2) is 0 Å². The molecule has 0 aliphatic rings. The molecule has 98 valence electrons. The highest BCUT2D eigenvalue weighted by molar-refractivity contribution is 5.81. The molecule has 0 atom stereocenters. The second-order valence-electron chi connectivity index (χ2n) is 4.00. The Morgan fingerprint density at radius 3 is 2.56 bits per heavy atom. The fourth-order valence-electron chi connectivity index (χ4n) is 1.21. The van der Waals surface area contributed by atoms with Crippen LogP contribution in [0.3, 0.4) is 0 Å². The van der Waals surface area contributed by atoms with E-state index >= 15 is 0 Å². The molecule has 18 heavy (non-hydrogen) atoms. The Balaban J connectivity index is 2.88. The summed E-state index contributed by atoms with van der Waals surface area (Å²) in [6.07, 6.45) is 0. The fourth-order valence-corrected chi connectivity index (χ4v) is 1.21. The molecule has 0 saturated carbocycles.